The van der Waals surface area contributed by atoms with Crippen LogP contribution in [0.15, 0.2) is 0 Å². The molecule has 1 unspecified atom stereocenters. The highest BCUT2D eigenvalue weighted by atomic mass is 16.1. The zero-order chi connectivity index (χ0) is 12.0. The minimum absolute atomic E-state index is 0.161. The van der Waals surface area contributed by atoms with Gasteiger partial charge in [0.15, 0.2) is 0 Å². The first-order valence-electron chi connectivity index (χ1n) is 6.36. The summed E-state index contributed by atoms with van der Waals surface area (Å²) in [5, 5.41) is 6.45. The second-order valence-corrected chi connectivity index (χ2v) is 4.82. The van der Waals surface area contributed by atoms with Gasteiger partial charge in [0.25, 0.3) is 0 Å². The molecule has 0 aromatic carbocycles. The van der Waals surface area contributed by atoms with Crippen molar-refractivity contribution < 1.29 is 4.79 Å². The van der Waals surface area contributed by atoms with Crippen LogP contribution in [0.3, 0.4) is 0 Å². The maximum absolute atomic E-state index is 11.4. The van der Waals surface area contributed by atoms with E-state index in [4.69, 9.17) is 0 Å². The van der Waals surface area contributed by atoms with E-state index in [1.54, 1.807) is 0 Å². The molecule has 0 radical (unpaired) electrons. The van der Waals surface area contributed by atoms with E-state index in [2.05, 4.69) is 29.4 Å². The van der Waals surface area contributed by atoms with E-state index in [-0.39, 0.29) is 11.9 Å². The molecule has 0 aromatic heterocycles. The Hall–Kier alpha value is -0.610. The van der Waals surface area contributed by atoms with E-state index in [0.717, 1.165) is 32.7 Å². The maximum atomic E-state index is 11.4. The molecule has 1 rings (SSSR count). The first-order chi connectivity index (χ1) is 7.63. The third-order valence-corrected chi connectivity index (χ3v) is 3.14. The van der Waals surface area contributed by atoms with Gasteiger partial charge in [0.2, 0.25) is 5.91 Å². The summed E-state index contributed by atoms with van der Waals surface area (Å²) in [5.74, 6) is 0.652. The van der Waals surface area contributed by atoms with Crippen LogP contribution >= 0.6 is 0 Å². The zero-order valence-corrected chi connectivity index (χ0v) is 10.8. The molecule has 0 bridgehead atoms. The fourth-order valence-electron chi connectivity index (χ4n) is 1.90. The summed E-state index contributed by atoms with van der Waals surface area (Å²) < 4.78 is 0. The molecule has 1 amide bonds. The highest BCUT2D eigenvalue weighted by Gasteiger charge is 2.20. The molecule has 0 aromatic rings. The Kier molecular flexibility index (Phi) is 5.77. The van der Waals surface area contributed by atoms with Crippen LogP contribution in [-0.4, -0.2) is 49.6 Å². The highest BCUT2D eigenvalue weighted by molar-refractivity contribution is 5.75. The van der Waals surface area contributed by atoms with Crippen LogP contribution in [0.1, 0.15) is 27.2 Å². The van der Waals surface area contributed by atoms with Gasteiger partial charge in [-0.2, -0.15) is 0 Å². The summed E-state index contributed by atoms with van der Waals surface area (Å²) in [6, 6.07) is 0.283. The monoisotopic (exact) mass is 227 g/mol. The quantitative estimate of drug-likeness (QED) is 0.716. The minimum atomic E-state index is 0.161. The standard InChI is InChI=1S/C12H25N3O/c1-4-12(16)14-11(10(2)3)9-15-7-5-13-6-8-15/h10-11,13H,4-9H2,1-3H3,(H,14,16). The fraction of sp³-hybridized carbons (Fsp3) is 0.917. The van der Waals surface area contributed by atoms with E-state index in [1.807, 2.05) is 6.92 Å². The van der Waals surface area contributed by atoms with E-state index in [1.165, 1.54) is 0 Å². The van der Waals surface area contributed by atoms with Gasteiger partial charge in [0.1, 0.15) is 0 Å². The second kappa shape index (κ2) is 6.86. The van der Waals surface area contributed by atoms with Crippen molar-refractivity contribution in [3.8, 4) is 0 Å². The predicted octanol–water partition coefficient (Wildman–Crippen LogP) is 0.442. The largest absolute Gasteiger partial charge is 0.352 e. The van der Waals surface area contributed by atoms with Gasteiger partial charge in [-0.3, -0.25) is 9.69 Å². The summed E-state index contributed by atoms with van der Waals surface area (Å²) in [6.45, 7) is 11.5. The van der Waals surface area contributed by atoms with Crippen molar-refractivity contribution in [2.75, 3.05) is 32.7 Å². The average Bonchev–Trinajstić information content (AvgIpc) is 2.29. The van der Waals surface area contributed by atoms with E-state index >= 15 is 0 Å². The summed E-state index contributed by atoms with van der Waals surface area (Å²) in [4.78, 5) is 13.9. The van der Waals surface area contributed by atoms with Gasteiger partial charge in [-0.15, -0.1) is 0 Å². The first-order valence-corrected chi connectivity index (χ1v) is 6.36. The molecule has 1 fully saturated rings. The van der Waals surface area contributed by atoms with Gasteiger partial charge in [-0.1, -0.05) is 20.8 Å². The Morgan fingerprint density at radius 3 is 2.50 bits per heavy atom. The number of rotatable bonds is 5. The number of hydrogen-bond acceptors (Lipinski definition) is 3. The van der Waals surface area contributed by atoms with E-state index in [0.29, 0.717) is 12.3 Å². The number of carbonyl (C=O) groups excluding carboxylic acids is 1. The van der Waals surface area contributed by atoms with E-state index < -0.39 is 0 Å². The van der Waals surface area contributed by atoms with Crippen LogP contribution in [0.4, 0.5) is 0 Å². The number of carbonyl (C=O) groups is 1. The average molecular weight is 227 g/mol. The Balaban J connectivity index is 2.40. The lowest BCUT2D eigenvalue weighted by Gasteiger charge is -2.32. The van der Waals surface area contributed by atoms with Gasteiger partial charge in [-0.25, -0.2) is 0 Å². The molecule has 0 spiro atoms. The van der Waals surface area contributed by atoms with Crippen molar-refractivity contribution in [3.63, 3.8) is 0 Å². The number of hydrogen-bond donors (Lipinski definition) is 2. The molecule has 1 atom stereocenters. The minimum Gasteiger partial charge on any atom is -0.352 e. The van der Waals surface area contributed by atoms with Crippen molar-refractivity contribution in [1.82, 2.24) is 15.5 Å². The molecule has 1 saturated heterocycles. The number of amides is 1. The zero-order valence-electron chi connectivity index (χ0n) is 10.8. The predicted molar refractivity (Wildman–Crippen MR) is 66.4 cm³/mol. The lowest BCUT2D eigenvalue weighted by molar-refractivity contribution is -0.121. The molecule has 94 valence electrons. The normalized spacial score (nSPS) is 19.8. The molecule has 1 heterocycles. The SMILES string of the molecule is CCC(=O)NC(CN1CCNCC1)C(C)C. The van der Waals surface area contributed by atoms with Gasteiger partial charge in [-0.05, 0) is 5.92 Å². The fourth-order valence-corrected chi connectivity index (χ4v) is 1.90. The molecular formula is C12H25N3O. The van der Waals surface area contributed by atoms with Crippen LogP contribution in [0.2, 0.25) is 0 Å². The van der Waals surface area contributed by atoms with Crippen LogP contribution in [-0.2, 0) is 4.79 Å². The molecule has 4 nitrogen and oxygen atoms in total. The summed E-state index contributed by atoms with van der Waals surface area (Å²) in [6.07, 6.45) is 0.574. The molecular weight excluding hydrogens is 202 g/mol. The summed E-state index contributed by atoms with van der Waals surface area (Å²) >= 11 is 0. The molecule has 2 N–H and O–H groups in total. The Morgan fingerprint density at radius 2 is 2.00 bits per heavy atom. The lowest BCUT2D eigenvalue weighted by Crippen LogP contribution is -2.51. The van der Waals surface area contributed by atoms with Crippen molar-refractivity contribution in [3.05, 3.63) is 0 Å². The number of nitrogens with zero attached hydrogens (tertiary/aromatic N) is 1. The van der Waals surface area contributed by atoms with Crippen molar-refractivity contribution >= 4 is 5.91 Å². The molecule has 4 heteroatoms. The van der Waals surface area contributed by atoms with Gasteiger partial charge >= 0.3 is 0 Å². The van der Waals surface area contributed by atoms with Gasteiger partial charge < -0.3 is 10.6 Å². The lowest BCUT2D eigenvalue weighted by atomic mass is 10.0. The third kappa shape index (κ3) is 4.49. The van der Waals surface area contributed by atoms with Crippen LogP contribution < -0.4 is 10.6 Å². The van der Waals surface area contributed by atoms with Gasteiger partial charge in [0.05, 0.1) is 0 Å². The Labute approximate surface area is 98.8 Å². The second-order valence-electron chi connectivity index (χ2n) is 4.82. The van der Waals surface area contributed by atoms with Gasteiger partial charge in [0, 0.05) is 45.2 Å². The van der Waals surface area contributed by atoms with Crippen LogP contribution in [0.25, 0.3) is 0 Å². The van der Waals surface area contributed by atoms with Crippen LogP contribution in [0, 0.1) is 5.92 Å². The Bertz CT molecular complexity index is 212. The first kappa shape index (κ1) is 13.5. The van der Waals surface area contributed by atoms with E-state index in [9.17, 15) is 4.79 Å². The molecule has 16 heavy (non-hydrogen) atoms. The summed E-state index contributed by atoms with van der Waals surface area (Å²) in [7, 11) is 0. The third-order valence-electron chi connectivity index (χ3n) is 3.14. The van der Waals surface area contributed by atoms with Crippen molar-refractivity contribution in [1.29, 1.82) is 0 Å². The maximum Gasteiger partial charge on any atom is 0.219 e. The van der Waals surface area contributed by atoms with Crippen molar-refractivity contribution in [2.24, 2.45) is 5.92 Å². The number of piperazine rings is 1. The topological polar surface area (TPSA) is 44.4 Å². The van der Waals surface area contributed by atoms with Crippen LogP contribution in [0.5, 0.6) is 0 Å². The smallest absolute Gasteiger partial charge is 0.219 e. The molecule has 1 aliphatic heterocycles. The highest BCUT2D eigenvalue weighted by Crippen LogP contribution is 2.05. The molecule has 0 saturated carbocycles. The molecule has 1 aliphatic rings. The number of nitrogens with one attached hydrogen (secondary N) is 2. The Morgan fingerprint density at radius 1 is 1.38 bits per heavy atom. The molecule has 0 aliphatic carbocycles. The van der Waals surface area contributed by atoms with Crippen molar-refractivity contribution in [2.45, 2.75) is 33.2 Å². The summed E-state index contributed by atoms with van der Waals surface area (Å²) in [5.41, 5.74) is 0.